The molecule has 0 radical (unpaired) electrons. The minimum atomic E-state index is -0.507. The predicted octanol–water partition coefficient (Wildman–Crippen LogP) is 4.64. The third-order valence-corrected chi connectivity index (χ3v) is 4.89. The molecule has 3 amide bonds. The van der Waals surface area contributed by atoms with Crippen LogP contribution >= 0.6 is 0 Å². The summed E-state index contributed by atoms with van der Waals surface area (Å²) in [5.41, 5.74) is 0.930. The highest BCUT2D eigenvalue weighted by Gasteiger charge is 2.39. The summed E-state index contributed by atoms with van der Waals surface area (Å²) in [7, 11) is 3.02. The fourth-order valence-electron chi connectivity index (χ4n) is 3.11. The molecule has 0 aromatic heterocycles. The lowest BCUT2D eigenvalue weighted by atomic mass is 10.0. The van der Waals surface area contributed by atoms with E-state index in [0.29, 0.717) is 47.8 Å². The average molecular weight is 435 g/mol. The van der Waals surface area contributed by atoms with Gasteiger partial charge in [-0.05, 0) is 30.3 Å². The Bertz CT molecular complexity index is 1050. The SMILES string of the molecule is C#CCCC1(CCC(=O)Nc2ccc(OC)c(NC(=O)Nc3ccccc3OC)c2)N=N1. The van der Waals surface area contributed by atoms with Crippen molar-refractivity contribution in [3.05, 3.63) is 42.5 Å². The first kappa shape index (κ1) is 22.6. The molecule has 0 bridgehead atoms. The standard InChI is InChI=1S/C23H25N5O4/c1-4-5-13-23(27-28-23)14-12-21(29)24-16-10-11-20(32-3)18(15-16)26-22(30)25-17-8-6-7-9-19(17)31-2/h1,6-11,15H,5,12-14H2,2-3H3,(H,24,29)(H2,25,26,30). The Morgan fingerprint density at radius 1 is 0.969 bits per heavy atom. The maximum Gasteiger partial charge on any atom is 0.323 e. The summed E-state index contributed by atoms with van der Waals surface area (Å²) in [5.74, 6) is 3.36. The zero-order valence-corrected chi connectivity index (χ0v) is 18.0. The fraction of sp³-hybridized carbons (Fsp3) is 0.304. The van der Waals surface area contributed by atoms with E-state index in [1.807, 2.05) is 0 Å². The van der Waals surface area contributed by atoms with Gasteiger partial charge in [0.25, 0.3) is 0 Å². The maximum absolute atomic E-state index is 12.5. The van der Waals surface area contributed by atoms with Crippen molar-refractivity contribution in [1.82, 2.24) is 0 Å². The van der Waals surface area contributed by atoms with Crippen LogP contribution in [0.15, 0.2) is 52.7 Å². The Labute approximate surface area is 186 Å². The number of hydrogen-bond donors (Lipinski definition) is 3. The number of rotatable bonds is 10. The Morgan fingerprint density at radius 3 is 2.34 bits per heavy atom. The highest BCUT2D eigenvalue weighted by Crippen LogP contribution is 2.37. The summed E-state index contributed by atoms with van der Waals surface area (Å²) in [6.07, 6.45) is 7.26. The van der Waals surface area contributed by atoms with Crippen molar-refractivity contribution < 1.29 is 19.1 Å². The lowest BCUT2D eigenvalue weighted by Crippen LogP contribution is -2.21. The van der Waals surface area contributed by atoms with E-state index in [9.17, 15) is 9.59 Å². The Hall–Kier alpha value is -4.06. The van der Waals surface area contributed by atoms with Crippen molar-refractivity contribution in [3.63, 3.8) is 0 Å². The highest BCUT2D eigenvalue weighted by molar-refractivity contribution is 6.02. The lowest BCUT2D eigenvalue weighted by Gasteiger charge is -2.15. The van der Waals surface area contributed by atoms with E-state index in [1.165, 1.54) is 14.2 Å². The van der Waals surface area contributed by atoms with E-state index in [2.05, 4.69) is 32.1 Å². The molecule has 9 heteroatoms. The van der Waals surface area contributed by atoms with Gasteiger partial charge in [0, 0.05) is 31.4 Å². The molecule has 166 valence electrons. The van der Waals surface area contributed by atoms with Crippen LogP contribution in [0.5, 0.6) is 11.5 Å². The minimum Gasteiger partial charge on any atom is -0.495 e. The summed E-state index contributed by atoms with van der Waals surface area (Å²) in [4.78, 5) is 24.9. The molecule has 1 aliphatic rings. The van der Waals surface area contributed by atoms with Gasteiger partial charge in [-0.15, -0.1) is 12.3 Å². The summed E-state index contributed by atoms with van der Waals surface area (Å²) in [6.45, 7) is 0. The van der Waals surface area contributed by atoms with Crippen LogP contribution in [-0.2, 0) is 4.79 Å². The van der Waals surface area contributed by atoms with E-state index in [1.54, 1.807) is 42.5 Å². The number of anilines is 3. The molecule has 0 aliphatic carbocycles. The van der Waals surface area contributed by atoms with Crippen LogP contribution in [0.4, 0.5) is 21.9 Å². The van der Waals surface area contributed by atoms with E-state index >= 15 is 0 Å². The number of nitrogens with one attached hydrogen (secondary N) is 3. The van der Waals surface area contributed by atoms with E-state index in [0.717, 1.165) is 0 Å². The van der Waals surface area contributed by atoms with Crippen LogP contribution in [-0.4, -0.2) is 31.8 Å². The van der Waals surface area contributed by atoms with Crippen LogP contribution in [0.2, 0.25) is 0 Å². The Kier molecular flexibility index (Phi) is 7.29. The number of hydrogen-bond acceptors (Lipinski definition) is 6. The van der Waals surface area contributed by atoms with Crippen molar-refractivity contribution in [1.29, 1.82) is 0 Å². The number of carbonyl (C=O) groups excluding carboxylic acids is 2. The highest BCUT2D eigenvalue weighted by atomic mass is 16.5. The van der Waals surface area contributed by atoms with Gasteiger partial charge in [-0.3, -0.25) is 4.79 Å². The molecule has 0 unspecified atom stereocenters. The summed E-state index contributed by atoms with van der Waals surface area (Å²) < 4.78 is 10.6. The molecule has 1 heterocycles. The third-order valence-electron chi connectivity index (χ3n) is 4.89. The number of ether oxygens (including phenoxy) is 2. The number of urea groups is 1. The number of methoxy groups -OCH3 is 2. The van der Waals surface area contributed by atoms with Gasteiger partial charge in [-0.25, -0.2) is 4.79 Å². The van der Waals surface area contributed by atoms with Crippen molar-refractivity contribution in [2.45, 2.75) is 31.3 Å². The molecular weight excluding hydrogens is 410 g/mol. The van der Waals surface area contributed by atoms with Crippen LogP contribution in [0.25, 0.3) is 0 Å². The third kappa shape index (κ3) is 5.98. The molecule has 0 saturated heterocycles. The van der Waals surface area contributed by atoms with Gasteiger partial charge in [0.1, 0.15) is 11.5 Å². The molecule has 3 N–H and O–H groups in total. The summed E-state index contributed by atoms with van der Waals surface area (Å²) in [5, 5.41) is 16.4. The first-order valence-corrected chi connectivity index (χ1v) is 10.0. The van der Waals surface area contributed by atoms with Gasteiger partial charge in [0.2, 0.25) is 5.91 Å². The fourth-order valence-corrected chi connectivity index (χ4v) is 3.11. The topological polar surface area (TPSA) is 113 Å². The smallest absolute Gasteiger partial charge is 0.323 e. The zero-order chi connectivity index (χ0) is 23.0. The zero-order valence-electron chi connectivity index (χ0n) is 18.0. The van der Waals surface area contributed by atoms with Crippen LogP contribution in [0.3, 0.4) is 0 Å². The second-order valence-electron chi connectivity index (χ2n) is 7.13. The number of carbonyl (C=O) groups is 2. The molecule has 1 aliphatic heterocycles. The van der Waals surface area contributed by atoms with Crippen LogP contribution < -0.4 is 25.4 Å². The lowest BCUT2D eigenvalue weighted by molar-refractivity contribution is -0.116. The van der Waals surface area contributed by atoms with Gasteiger partial charge in [-0.1, -0.05) is 12.1 Å². The molecule has 32 heavy (non-hydrogen) atoms. The van der Waals surface area contributed by atoms with Gasteiger partial charge >= 0.3 is 6.03 Å². The number of nitrogens with zero attached hydrogens (tertiary/aromatic N) is 2. The van der Waals surface area contributed by atoms with Crippen molar-refractivity contribution in [2.24, 2.45) is 10.2 Å². The number of para-hydroxylation sites is 2. The largest absolute Gasteiger partial charge is 0.495 e. The van der Waals surface area contributed by atoms with Gasteiger partial charge in [-0.2, -0.15) is 10.2 Å². The van der Waals surface area contributed by atoms with E-state index < -0.39 is 11.7 Å². The Balaban J connectivity index is 1.60. The van der Waals surface area contributed by atoms with Crippen molar-refractivity contribution in [3.8, 4) is 23.8 Å². The van der Waals surface area contributed by atoms with Crippen LogP contribution in [0, 0.1) is 12.3 Å². The first-order valence-electron chi connectivity index (χ1n) is 10.0. The maximum atomic E-state index is 12.5. The second-order valence-corrected chi connectivity index (χ2v) is 7.13. The summed E-state index contributed by atoms with van der Waals surface area (Å²) >= 11 is 0. The molecular formula is C23H25N5O4. The number of terminal acetylenes is 1. The molecule has 0 fully saturated rings. The van der Waals surface area contributed by atoms with Gasteiger partial charge < -0.3 is 25.4 Å². The predicted molar refractivity (Wildman–Crippen MR) is 122 cm³/mol. The molecule has 0 saturated carbocycles. The summed E-state index contributed by atoms with van der Waals surface area (Å²) in [6, 6.07) is 11.6. The molecule has 0 spiro atoms. The number of amides is 3. The minimum absolute atomic E-state index is 0.183. The molecule has 2 aromatic rings. The van der Waals surface area contributed by atoms with Crippen molar-refractivity contribution >= 4 is 29.0 Å². The Morgan fingerprint density at radius 2 is 1.66 bits per heavy atom. The normalized spacial score (nSPS) is 12.9. The molecule has 2 aromatic carbocycles. The number of benzene rings is 2. The first-order chi connectivity index (χ1) is 15.5. The quantitative estimate of drug-likeness (QED) is 0.472. The van der Waals surface area contributed by atoms with E-state index in [-0.39, 0.29) is 12.3 Å². The van der Waals surface area contributed by atoms with Gasteiger partial charge in [0.05, 0.1) is 25.6 Å². The van der Waals surface area contributed by atoms with Gasteiger partial charge in [0.15, 0.2) is 5.66 Å². The molecule has 3 rings (SSSR count). The average Bonchev–Trinajstić information content (AvgIpc) is 3.57. The van der Waals surface area contributed by atoms with Crippen LogP contribution in [0.1, 0.15) is 25.7 Å². The second kappa shape index (κ2) is 10.3. The molecule has 9 nitrogen and oxygen atoms in total. The monoisotopic (exact) mass is 435 g/mol. The van der Waals surface area contributed by atoms with E-state index in [4.69, 9.17) is 15.9 Å². The van der Waals surface area contributed by atoms with Crippen molar-refractivity contribution in [2.75, 3.05) is 30.2 Å². The molecule has 0 atom stereocenters.